The molecular formula is C25H30ClN3O3. The molecule has 6 nitrogen and oxygen atoms in total. The Morgan fingerprint density at radius 1 is 1.12 bits per heavy atom. The molecule has 0 spiro atoms. The molecule has 1 unspecified atom stereocenters. The standard InChI is InChI=1S/C25H30ClN3O3/c1-4-11-27-24(31)20-10-9-19(14-21(20)26)28-25(32)22-13-17-7-5-6-8-18(17)15-29(22)23(30)12-16(2)3/h5-10,14,16,22H,4,11-13,15H2,1-3H3,(H,27,31)(H,28,32). The molecule has 1 heterocycles. The van der Waals surface area contributed by atoms with E-state index < -0.39 is 6.04 Å². The molecule has 2 aromatic rings. The predicted octanol–water partition coefficient (Wildman–Crippen LogP) is 4.42. The number of nitrogens with one attached hydrogen (secondary N) is 2. The van der Waals surface area contributed by atoms with Gasteiger partial charge in [0.05, 0.1) is 10.6 Å². The maximum Gasteiger partial charge on any atom is 0.252 e. The van der Waals surface area contributed by atoms with Crippen LogP contribution in [0.15, 0.2) is 42.5 Å². The van der Waals surface area contributed by atoms with Crippen LogP contribution in [0.3, 0.4) is 0 Å². The minimum absolute atomic E-state index is 0.0318. The van der Waals surface area contributed by atoms with Crippen LogP contribution in [0, 0.1) is 5.92 Å². The van der Waals surface area contributed by atoms with Gasteiger partial charge in [-0.05, 0) is 41.7 Å². The number of amides is 3. The summed E-state index contributed by atoms with van der Waals surface area (Å²) >= 11 is 6.30. The van der Waals surface area contributed by atoms with Gasteiger partial charge in [-0.25, -0.2) is 0 Å². The summed E-state index contributed by atoms with van der Waals surface area (Å²) in [5.74, 6) is -0.343. The maximum atomic E-state index is 13.2. The Balaban J connectivity index is 1.79. The number of carbonyl (C=O) groups excluding carboxylic acids is 3. The highest BCUT2D eigenvalue weighted by Crippen LogP contribution is 2.27. The minimum atomic E-state index is -0.609. The molecule has 0 aliphatic carbocycles. The number of benzene rings is 2. The average Bonchev–Trinajstić information content (AvgIpc) is 2.76. The zero-order valence-corrected chi connectivity index (χ0v) is 19.5. The van der Waals surface area contributed by atoms with Crippen LogP contribution in [0.2, 0.25) is 5.02 Å². The summed E-state index contributed by atoms with van der Waals surface area (Å²) < 4.78 is 0. The Morgan fingerprint density at radius 3 is 2.50 bits per heavy atom. The molecule has 0 fully saturated rings. The third-order valence-corrected chi connectivity index (χ3v) is 5.78. The second-order valence-electron chi connectivity index (χ2n) is 8.55. The lowest BCUT2D eigenvalue weighted by Gasteiger charge is -2.36. The van der Waals surface area contributed by atoms with Gasteiger partial charge in [-0.3, -0.25) is 14.4 Å². The summed E-state index contributed by atoms with van der Waals surface area (Å²) in [6.07, 6.45) is 1.67. The van der Waals surface area contributed by atoms with E-state index in [1.807, 2.05) is 45.0 Å². The SMILES string of the molecule is CCCNC(=O)c1ccc(NC(=O)C2Cc3ccccc3CN2C(=O)CC(C)C)cc1Cl. The first-order valence-electron chi connectivity index (χ1n) is 11.0. The van der Waals surface area contributed by atoms with Crippen molar-refractivity contribution in [2.45, 2.75) is 52.6 Å². The van der Waals surface area contributed by atoms with Gasteiger partial charge in [0.2, 0.25) is 11.8 Å². The number of rotatable bonds is 7. The summed E-state index contributed by atoms with van der Waals surface area (Å²) in [6, 6.07) is 12.1. The van der Waals surface area contributed by atoms with Crippen molar-refractivity contribution in [3.63, 3.8) is 0 Å². The molecular weight excluding hydrogens is 426 g/mol. The Labute approximate surface area is 194 Å². The van der Waals surface area contributed by atoms with Gasteiger partial charge in [-0.2, -0.15) is 0 Å². The van der Waals surface area contributed by atoms with Gasteiger partial charge >= 0.3 is 0 Å². The number of halogens is 1. The largest absolute Gasteiger partial charge is 0.352 e. The number of anilines is 1. The van der Waals surface area contributed by atoms with E-state index in [-0.39, 0.29) is 28.7 Å². The molecule has 2 aromatic carbocycles. The van der Waals surface area contributed by atoms with E-state index in [1.54, 1.807) is 23.1 Å². The molecule has 2 N–H and O–H groups in total. The molecule has 170 valence electrons. The Hall–Kier alpha value is -2.86. The molecule has 7 heteroatoms. The first-order valence-corrected chi connectivity index (χ1v) is 11.4. The molecule has 0 aromatic heterocycles. The van der Waals surface area contributed by atoms with E-state index in [9.17, 15) is 14.4 Å². The average molecular weight is 456 g/mol. The maximum absolute atomic E-state index is 13.2. The summed E-state index contributed by atoms with van der Waals surface area (Å²) in [6.45, 7) is 6.93. The zero-order chi connectivity index (χ0) is 23.3. The highest BCUT2D eigenvalue weighted by atomic mass is 35.5. The first kappa shape index (κ1) is 23.8. The van der Waals surface area contributed by atoms with E-state index in [0.29, 0.717) is 37.2 Å². The number of fused-ring (bicyclic) bond motifs is 1. The number of nitrogens with zero attached hydrogens (tertiary/aromatic N) is 1. The van der Waals surface area contributed by atoms with E-state index in [2.05, 4.69) is 10.6 Å². The van der Waals surface area contributed by atoms with Crippen molar-refractivity contribution < 1.29 is 14.4 Å². The molecule has 0 saturated carbocycles. The van der Waals surface area contributed by atoms with E-state index in [0.717, 1.165) is 17.5 Å². The lowest BCUT2D eigenvalue weighted by molar-refractivity contribution is -0.140. The molecule has 1 aliphatic rings. The quantitative estimate of drug-likeness (QED) is 0.648. The van der Waals surface area contributed by atoms with Crippen LogP contribution in [0.1, 0.15) is 55.1 Å². The Morgan fingerprint density at radius 2 is 1.84 bits per heavy atom. The number of hydrogen-bond acceptors (Lipinski definition) is 3. The van der Waals surface area contributed by atoms with Gasteiger partial charge < -0.3 is 15.5 Å². The van der Waals surface area contributed by atoms with Crippen molar-refractivity contribution in [1.29, 1.82) is 0 Å². The van der Waals surface area contributed by atoms with Gasteiger partial charge in [-0.15, -0.1) is 0 Å². The molecule has 1 aliphatic heterocycles. The van der Waals surface area contributed by atoms with Crippen molar-refractivity contribution in [1.82, 2.24) is 10.2 Å². The molecule has 3 rings (SSSR count). The molecule has 0 saturated heterocycles. The van der Waals surface area contributed by atoms with Crippen molar-refractivity contribution >= 4 is 35.0 Å². The van der Waals surface area contributed by atoms with Crippen LogP contribution in [0.25, 0.3) is 0 Å². The second kappa shape index (κ2) is 10.6. The topological polar surface area (TPSA) is 78.5 Å². The Bertz CT molecular complexity index is 1010. The first-order chi connectivity index (χ1) is 15.3. The lowest BCUT2D eigenvalue weighted by Crippen LogP contribution is -2.50. The van der Waals surface area contributed by atoms with E-state index in [4.69, 9.17) is 11.6 Å². The van der Waals surface area contributed by atoms with Crippen molar-refractivity contribution in [3.8, 4) is 0 Å². The van der Waals surface area contributed by atoms with Crippen LogP contribution in [0.5, 0.6) is 0 Å². The highest BCUT2D eigenvalue weighted by molar-refractivity contribution is 6.34. The summed E-state index contributed by atoms with van der Waals surface area (Å²) in [4.78, 5) is 40.0. The number of carbonyl (C=O) groups is 3. The molecule has 32 heavy (non-hydrogen) atoms. The van der Waals surface area contributed by atoms with Crippen molar-refractivity contribution in [2.24, 2.45) is 5.92 Å². The fourth-order valence-electron chi connectivity index (χ4n) is 3.82. The van der Waals surface area contributed by atoms with Gasteiger partial charge in [0.25, 0.3) is 5.91 Å². The predicted molar refractivity (Wildman–Crippen MR) is 127 cm³/mol. The molecule has 0 radical (unpaired) electrons. The van der Waals surface area contributed by atoms with Crippen molar-refractivity contribution in [3.05, 3.63) is 64.2 Å². The monoisotopic (exact) mass is 455 g/mol. The van der Waals surface area contributed by atoms with Crippen LogP contribution >= 0.6 is 11.6 Å². The summed E-state index contributed by atoms with van der Waals surface area (Å²) in [7, 11) is 0. The second-order valence-corrected chi connectivity index (χ2v) is 8.96. The molecule has 1 atom stereocenters. The molecule has 3 amide bonds. The van der Waals surface area contributed by atoms with Gasteiger partial charge in [0, 0.05) is 31.6 Å². The van der Waals surface area contributed by atoms with E-state index in [1.165, 1.54) is 0 Å². The number of hydrogen-bond donors (Lipinski definition) is 2. The normalized spacial score (nSPS) is 15.3. The van der Waals surface area contributed by atoms with Gasteiger partial charge in [0.1, 0.15) is 6.04 Å². The van der Waals surface area contributed by atoms with Crippen LogP contribution in [-0.2, 0) is 22.6 Å². The van der Waals surface area contributed by atoms with Gasteiger partial charge in [0.15, 0.2) is 0 Å². The fourth-order valence-corrected chi connectivity index (χ4v) is 4.09. The Kier molecular flexibility index (Phi) is 7.91. The van der Waals surface area contributed by atoms with Crippen LogP contribution < -0.4 is 10.6 Å². The lowest BCUT2D eigenvalue weighted by atomic mass is 9.92. The third-order valence-electron chi connectivity index (χ3n) is 5.47. The van der Waals surface area contributed by atoms with Crippen LogP contribution in [0.4, 0.5) is 5.69 Å². The van der Waals surface area contributed by atoms with Crippen molar-refractivity contribution in [2.75, 3.05) is 11.9 Å². The molecule has 0 bridgehead atoms. The summed E-state index contributed by atoms with van der Waals surface area (Å²) in [5, 5.41) is 5.93. The van der Waals surface area contributed by atoms with Crippen LogP contribution in [-0.4, -0.2) is 35.2 Å². The third kappa shape index (κ3) is 5.68. The minimum Gasteiger partial charge on any atom is -0.352 e. The fraction of sp³-hybridized carbons (Fsp3) is 0.400. The smallest absolute Gasteiger partial charge is 0.252 e. The zero-order valence-electron chi connectivity index (χ0n) is 18.8. The van der Waals surface area contributed by atoms with E-state index >= 15 is 0 Å². The van der Waals surface area contributed by atoms with Gasteiger partial charge in [-0.1, -0.05) is 56.6 Å². The highest BCUT2D eigenvalue weighted by Gasteiger charge is 2.34. The summed E-state index contributed by atoms with van der Waals surface area (Å²) in [5.41, 5.74) is 2.99.